The lowest BCUT2D eigenvalue weighted by Gasteiger charge is -2.09. The number of benzene rings is 1. The van der Waals surface area contributed by atoms with Gasteiger partial charge in [-0.1, -0.05) is 19.9 Å². The van der Waals surface area contributed by atoms with E-state index in [9.17, 15) is 4.39 Å². The molecule has 4 heterocycles. The van der Waals surface area contributed by atoms with Crippen molar-refractivity contribution >= 4 is 10.9 Å². The van der Waals surface area contributed by atoms with Crippen molar-refractivity contribution in [1.82, 2.24) is 19.7 Å². The molecule has 1 aromatic carbocycles. The average Bonchev–Trinajstić information content (AvgIpc) is 3.30. The maximum absolute atomic E-state index is 13.9. The molecule has 0 spiro atoms. The van der Waals surface area contributed by atoms with Crippen molar-refractivity contribution in [2.45, 2.75) is 40.2 Å². The Hall–Kier alpha value is -3.08. The summed E-state index contributed by atoms with van der Waals surface area (Å²) < 4.78 is 16.0. The molecule has 0 saturated heterocycles. The Kier molecular flexibility index (Phi) is 4.90. The third-order valence-corrected chi connectivity index (χ3v) is 4.95. The number of hydrogen-bond donors (Lipinski definition) is 0. The molecule has 1 aliphatic heterocycles. The maximum atomic E-state index is 13.9. The van der Waals surface area contributed by atoms with Crippen LogP contribution in [0.2, 0.25) is 0 Å². The largest absolute Gasteiger partial charge is 0.268 e. The Morgan fingerprint density at radius 2 is 1.93 bits per heavy atom. The van der Waals surface area contributed by atoms with Crippen LogP contribution in [0.5, 0.6) is 0 Å². The second kappa shape index (κ2) is 7.50. The third kappa shape index (κ3) is 3.07. The second-order valence-corrected chi connectivity index (χ2v) is 6.68. The topological polar surface area (TPSA) is 43.6 Å². The van der Waals surface area contributed by atoms with E-state index in [1.165, 1.54) is 11.8 Å². The van der Waals surface area contributed by atoms with Gasteiger partial charge < -0.3 is 0 Å². The summed E-state index contributed by atoms with van der Waals surface area (Å²) in [7, 11) is 0. The molecule has 0 atom stereocenters. The second-order valence-electron chi connectivity index (χ2n) is 6.68. The highest BCUT2D eigenvalue weighted by molar-refractivity contribution is 5.98. The van der Waals surface area contributed by atoms with Gasteiger partial charge in [0.05, 0.1) is 11.2 Å². The molecule has 28 heavy (non-hydrogen) atoms. The highest BCUT2D eigenvalue weighted by atomic mass is 19.1. The molecule has 0 N–H and O–H groups in total. The predicted octanol–water partition coefficient (Wildman–Crippen LogP) is 5.58. The van der Waals surface area contributed by atoms with Crippen molar-refractivity contribution < 1.29 is 4.39 Å². The molecule has 4 nitrogen and oxygen atoms in total. The Morgan fingerprint density at radius 1 is 1.07 bits per heavy atom. The number of nitrogens with zero attached hydrogens (tertiary/aromatic N) is 4. The minimum Gasteiger partial charge on any atom is -0.268 e. The SMILES string of the molecule is CC.Cc1cccc(-c2nn3c(c2-c2ccnc4ccc(F)cc24)CCC3)n1. The van der Waals surface area contributed by atoms with Gasteiger partial charge in [0.1, 0.15) is 11.5 Å². The molecule has 3 aromatic heterocycles. The predicted molar refractivity (Wildman–Crippen MR) is 111 cm³/mol. The summed E-state index contributed by atoms with van der Waals surface area (Å²) >= 11 is 0. The Labute approximate surface area is 164 Å². The smallest absolute Gasteiger partial charge is 0.123 e. The third-order valence-electron chi connectivity index (χ3n) is 4.95. The maximum Gasteiger partial charge on any atom is 0.123 e. The van der Waals surface area contributed by atoms with Gasteiger partial charge in [-0.25, -0.2) is 4.39 Å². The van der Waals surface area contributed by atoms with Crippen LogP contribution >= 0.6 is 0 Å². The zero-order chi connectivity index (χ0) is 19.7. The first-order valence-electron chi connectivity index (χ1n) is 9.79. The van der Waals surface area contributed by atoms with Gasteiger partial charge in [0.25, 0.3) is 0 Å². The van der Waals surface area contributed by atoms with Crippen LogP contribution in [0.25, 0.3) is 33.4 Å². The summed E-state index contributed by atoms with van der Waals surface area (Å²) in [5.41, 5.74) is 6.66. The molecule has 0 saturated carbocycles. The zero-order valence-corrected chi connectivity index (χ0v) is 16.4. The summed E-state index contributed by atoms with van der Waals surface area (Å²) in [6, 6.07) is 12.6. The standard InChI is InChI=1S/C21H17FN4.C2H6/c1-13-4-2-5-18(24-13)21-20(19-6-3-11-26(19)25-21)15-9-10-23-17-8-7-14(22)12-16(15)17;1-2/h2,4-5,7-10,12H,3,6,11H2,1H3;1-2H3. The van der Waals surface area contributed by atoms with Gasteiger partial charge in [0, 0.05) is 35.1 Å². The first-order valence-corrected chi connectivity index (χ1v) is 9.79. The van der Waals surface area contributed by atoms with E-state index < -0.39 is 0 Å². The van der Waals surface area contributed by atoms with Gasteiger partial charge in [-0.3, -0.25) is 14.6 Å². The molecule has 1 aliphatic rings. The normalized spacial score (nSPS) is 12.6. The van der Waals surface area contributed by atoms with E-state index in [0.717, 1.165) is 58.5 Å². The van der Waals surface area contributed by atoms with Crippen molar-refractivity contribution in [3.8, 4) is 22.5 Å². The summed E-state index contributed by atoms with van der Waals surface area (Å²) in [6.45, 7) is 6.88. The number of halogens is 1. The molecule has 0 amide bonds. The van der Waals surface area contributed by atoms with Crippen LogP contribution in [0.1, 0.15) is 31.7 Å². The van der Waals surface area contributed by atoms with Crippen molar-refractivity contribution in [2.75, 3.05) is 0 Å². The molecule has 0 radical (unpaired) electrons. The number of hydrogen-bond acceptors (Lipinski definition) is 3. The van der Waals surface area contributed by atoms with Crippen molar-refractivity contribution in [2.24, 2.45) is 0 Å². The van der Waals surface area contributed by atoms with Crippen LogP contribution in [0.4, 0.5) is 4.39 Å². The number of rotatable bonds is 2. The molecule has 4 aromatic rings. The van der Waals surface area contributed by atoms with Gasteiger partial charge in [0.15, 0.2) is 0 Å². The van der Waals surface area contributed by atoms with E-state index in [1.807, 2.05) is 45.0 Å². The monoisotopic (exact) mass is 374 g/mol. The molecule has 5 rings (SSSR count). The fraction of sp³-hybridized carbons (Fsp3) is 0.261. The fourth-order valence-corrected chi connectivity index (χ4v) is 3.81. The molecular formula is C23H23FN4. The van der Waals surface area contributed by atoms with Gasteiger partial charge in [-0.05, 0) is 61.7 Å². The molecule has 0 aliphatic carbocycles. The highest BCUT2D eigenvalue weighted by Gasteiger charge is 2.25. The van der Waals surface area contributed by atoms with E-state index in [2.05, 4.69) is 14.6 Å². The van der Waals surface area contributed by atoms with Crippen LogP contribution in [0.15, 0.2) is 48.7 Å². The minimum absolute atomic E-state index is 0.259. The number of fused-ring (bicyclic) bond motifs is 2. The van der Waals surface area contributed by atoms with E-state index >= 15 is 0 Å². The van der Waals surface area contributed by atoms with E-state index in [0.29, 0.717) is 0 Å². The molecule has 0 fully saturated rings. The molecule has 142 valence electrons. The first-order chi connectivity index (χ1) is 13.7. The lowest BCUT2D eigenvalue weighted by molar-refractivity contribution is 0.629. The van der Waals surface area contributed by atoms with Crippen molar-refractivity contribution in [3.05, 3.63) is 65.9 Å². The van der Waals surface area contributed by atoms with Gasteiger partial charge in [0.2, 0.25) is 0 Å². The summed E-state index contributed by atoms with van der Waals surface area (Å²) in [6.07, 6.45) is 3.82. The summed E-state index contributed by atoms with van der Waals surface area (Å²) in [4.78, 5) is 9.07. The number of pyridine rings is 2. The molecule has 5 heteroatoms. The van der Waals surface area contributed by atoms with Gasteiger partial charge >= 0.3 is 0 Å². The highest BCUT2D eigenvalue weighted by Crippen LogP contribution is 2.39. The van der Waals surface area contributed by atoms with E-state index in [4.69, 9.17) is 5.10 Å². The molecule has 0 unspecified atom stereocenters. The quantitative estimate of drug-likeness (QED) is 0.460. The van der Waals surface area contributed by atoms with E-state index in [-0.39, 0.29) is 5.82 Å². The molecular weight excluding hydrogens is 351 g/mol. The number of aryl methyl sites for hydroxylation is 2. The first kappa shape index (κ1) is 18.3. The van der Waals surface area contributed by atoms with Crippen LogP contribution in [-0.4, -0.2) is 19.7 Å². The van der Waals surface area contributed by atoms with Crippen LogP contribution in [0.3, 0.4) is 0 Å². The Morgan fingerprint density at radius 3 is 2.75 bits per heavy atom. The average molecular weight is 374 g/mol. The molecule has 0 bridgehead atoms. The van der Waals surface area contributed by atoms with Crippen LogP contribution < -0.4 is 0 Å². The minimum atomic E-state index is -0.259. The fourth-order valence-electron chi connectivity index (χ4n) is 3.81. The van der Waals surface area contributed by atoms with Crippen LogP contribution in [0, 0.1) is 12.7 Å². The van der Waals surface area contributed by atoms with Crippen molar-refractivity contribution in [3.63, 3.8) is 0 Å². The van der Waals surface area contributed by atoms with Gasteiger partial charge in [-0.2, -0.15) is 5.10 Å². The summed E-state index contributed by atoms with van der Waals surface area (Å²) in [5, 5.41) is 5.66. The lowest BCUT2D eigenvalue weighted by atomic mass is 9.96. The van der Waals surface area contributed by atoms with E-state index in [1.54, 1.807) is 18.3 Å². The number of aromatic nitrogens is 4. The lowest BCUT2D eigenvalue weighted by Crippen LogP contribution is -1.95. The van der Waals surface area contributed by atoms with Crippen molar-refractivity contribution in [1.29, 1.82) is 0 Å². The summed E-state index contributed by atoms with van der Waals surface area (Å²) in [5.74, 6) is -0.259. The zero-order valence-electron chi connectivity index (χ0n) is 16.4. The van der Waals surface area contributed by atoms with Crippen LogP contribution in [-0.2, 0) is 13.0 Å². The Bertz CT molecular complexity index is 1150. The van der Waals surface area contributed by atoms with Gasteiger partial charge in [-0.15, -0.1) is 0 Å². The Balaban J connectivity index is 0.000000932.